The molecule has 0 aliphatic heterocycles. The molecule has 3 rings (SSSR count). The number of benzene rings is 2. The summed E-state index contributed by atoms with van der Waals surface area (Å²) in [6.07, 6.45) is 0.366. The summed E-state index contributed by atoms with van der Waals surface area (Å²) >= 11 is 7.57. The Bertz CT molecular complexity index is 868. The van der Waals surface area contributed by atoms with Crippen LogP contribution in [-0.2, 0) is 11.2 Å². The van der Waals surface area contributed by atoms with Crippen molar-refractivity contribution in [1.29, 1.82) is 0 Å². The van der Waals surface area contributed by atoms with Crippen LogP contribution in [0.2, 0.25) is 5.02 Å². The molecule has 0 spiro atoms. The fraction of sp³-hybridized carbons (Fsp3) is 0.263. The number of hydrogen-bond acceptors (Lipinski definition) is 4. The van der Waals surface area contributed by atoms with E-state index >= 15 is 0 Å². The average Bonchev–Trinajstić information content (AvgIpc) is 2.98. The van der Waals surface area contributed by atoms with E-state index in [-0.39, 0.29) is 18.3 Å². The monoisotopic (exact) mass is 409 g/mol. The number of likely N-dealkylation sites (N-methyl/N-ethyl adjacent to an activating group) is 1. The highest BCUT2D eigenvalue weighted by atomic mass is 35.5. The summed E-state index contributed by atoms with van der Waals surface area (Å²) in [7, 11) is 4.00. The standard InChI is InChI=1S/C19H20ClN3OS.ClH/c1-22(2)10-11-23(18(24)12-14-6-4-3-5-7-14)19-21-16-9-8-15(20)13-17(16)25-19;/h3-9,13H,10-12H2,1-2H3;1H. The summed E-state index contributed by atoms with van der Waals surface area (Å²) in [4.78, 5) is 21.4. The minimum atomic E-state index is 0. The zero-order valence-corrected chi connectivity index (χ0v) is 17.1. The minimum absolute atomic E-state index is 0. The van der Waals surface area contributed by atoms with E-state index in [2.05, 4.69) is 9.88 Å². The Morgan fingerprint density at radius 3 is 2.54 bits per heavy atom. The molecule has 7 heteroatoms. The van der Waals surface area contributed by atoms with Crippen molar-refractivity contribution in [2.75, 3.05) is 32.1 Å². The third-order valence-corrected chi connectivity index (χ3v) is 5.12. The summed E-state index contributed by atoms with van der Waals surface area (Å²) in [6.45, 7) is 1.38. The number of fused-ring (bicyclic) bond motifs is 1. The second-order valence-corrected chi connectivity index (χ2v) is 7.57. The molecular weight excluding hydrogens is 389 g/mol. The maximum Gasteiger partial charge on any atom is 0.233 e. The van der Waals surface area contributed by atoms with Gasteiger partial charge in [-0.1, -0.05) is 53.3 Å². The molecule has 0 bridgehead atoms. The highest BCUT2D eigenvalue weighted by molar-refractivity contribution is 7.22. The molecule has 1 aromatic heterocycles. The van der Waals surface area contributed by atoms with Crippen LogP contribution in [0, 0.1) is 0 Å². The summed E-state index contributed by atoms with van der Waals surface area (Å²) in [5.41, 5.74) is 1.87. The summed E-state index contributed by atoms with van der Waals surface area (Å²) in [6, 6.07) is 15.4. The van der Waals surface area contributed by atoms with Crippen LogP contribution in [0.15, 0.2) is 48.5 Å². The quantitative estimate of drug-likeness (QED) is 0.600. The first-order valence-corrected chi connectivity index (χ1v) is 9.27. The van der Waals surface area contributed by atoms with Gasteiger partial charge in [0.05, 0.1) is 16.6 Å². The molecular formula is C19H21Cl2N3OS. The van der Waals surface area contributed by atoms with Crippen LogP contribution in [0.3, 0.4) is 0 Å². The van der Waals surface area contributed by atoms with Crippen LogP contribution in [0.5, 0.6) is 0 Å². The molecule has 0 aliphatic carbocycles. The summed E-state index contributed by atoms with van der Waals surface area (Å²) < 4.78 is 0.991. The lowest BCUT2D eigenvalue weighted by Crippen LogP contribution is -2.37. The van der Waals surface area contributed by atoms with E-state index in [9.17, 15) is 4.79 Å². The number of aromatic nitrogens is 1. The molecule has 3 aromatic rings. The first-order chi connectivity index (χ1) is 12.0. The number of nitrogens with zero attached hydrogens (tertiary/aromatic N) is 3. The van der Waals surface area contributed by atoms with Crippen molar-refractivity contribution in [2.24, 2.45) is 0 Å². The lowest BCUT2D eigenvalue weighted by atomic mass is 10.1. The molecule has 0 N–H and O–H groups in total. The van der Waals surface area contributed by atoms with Gasteiger partial charge in [-0.05, 0) is 37.9 Å². The largest absolute Gasteiger partial charge is 0.308 e. The molecule has 0 atom stereocenters. The highest BCUT2D eigenvalue weighted by Crippen LogP contribution is 2.31. The molecule has 0 fully saturated rings. The van der Waals surface area contributed by atoms with Gasteiger partial charge in [-0.15, -0.1) is 12.4 Å². The van der Waals surface area contributed by atoms with Crippen molar-refractivity contribution in [1.82, 2.24) is 9.88 Å². The predicted molar refractivity (Wildman–Crippen MR) is 113 cm³/mol. The number of halogens is 2. The van der Waals surface area contributed by atoms with E-state index in [0.717, 1.165) is 27.5 Å². The van der Waals surface area contributed by atoms with Crippen LogP contribution in [0.4, 0.5) is 5.13 Å². The van der Waals surface area contributed by atoms with Gasteiger partial charge in [0.15, 0.2) is 5.13 Å². The maximum atomic E-state index is 12.9. The number of rotatable bonds is 6. The van der Waals surface area contributed by atoms with Gasteiger partial charge in [-0.3, -0.25) is 9.69 Å². The van der Waals surface area contributed by atoms with Crippen LogP contribution < -0.4 is 4.90 Å². The lowest BCUT2D eigenvalue weighted by Gasteiger charge is -2.22. The Labute approximate surface area is 168 Å². The topological polar surface area (TPSA) is 36.4 Å². The molecule has 0 aliphatic rings. The number of anilines is 1. The van der Waals surface area contributed by atoms with Gasteiger partial charge in [-0.25, -0.2) is 4.98 Å². The van der Waals surface area contributed by atoms with Crippen LogP contribution >= 0.6 is 35.3 Å². The third-order valence-electron chi connectivity index (χ3n) is 3.84. The zero-order chi connectivity index (χ0) is 17.8. The lowest BCUT2D eigenvalue weighted by molar-refractivity contribution is -0.118. The van der Waals surface area contributed by atoms with Crippen molar-refractivity contribution >= 4 is 56.6 Å². The molecule has 2 aromatic carbocycles. The zero-order valence-electron chi connectivity index (χ0n) is 14.7. The maximum absolute atomic E-state index is 12.9. The Hall–Kier alpha value is -1.66. The predicted octanol–water partition coefficient (Wildman–Crippen LogP) is 4.51. The number of thiazole rings is 1. The van der Waals surface area contributed by atoms with E-state index in [4.69, 9.17) is 11.6 Å². The van der Waals surface area contributed by atoms with Gasteiger partial charge in [0.25, 0.3) is 0 Å². The molecule has 0 unspecified atom stereocenters. The molecule has 26 heavy (non-hydrogen) atoms. The van der Waals surface area contributed by atoms with E-state index in [1.807, 2.05) is 62.6 Å². The van der Waals surface area contributed by atoms with Gasteiger partial charge < -0.3 is 4.90 Å². The molecule has 0 radical (unpaired) electrons. The molecule has 1 amide bonds. The van der Waals surface area contributed by atoms with Crippen molar-refractivity contribution in [2.45, 2.75) is 6.42 Å². The Morgan fingerprint density at radius 1 is 1.12 bits per heavy atom. The molecule has 1 heterocycles. The van der Waals surface area contributed by atoms with Gasteiger partial charge in [0.2, 0.25) is 5.91 Å². The normalized spacial score (nSPS) is 10.8. The first-order valence-electron chi connectivity index (χ1n) is 8.08. The Balaban J connectivity index is 0.00000243. The van der Waals surface area contributed by atoms with Crippen LogP contribution in [0.1, 0.15) is 5.56 Å². The number of hydrogen-bond donors (Lipinski definition) is 0. The number of amides is 1. The summed E-state index contributed by atoms with van der Waals surface area (Å²) in [5, 5.41) is 1.40. The fourth-order valence-electron chi connectivity index (χ4n) is 2.49. The summed E-state index contributed by atoms with van der Waals surface area (Å²) in [5.74, 6) is 0.0539. The minimum Gasteiger partial charge on any atom is -0.308 e. The molecule has 0 saturated heterocycles. The smallest absolute Gasteiger partial charge is 0.233 e. The van der Waals surface area contributed by atoms with Gasteiger partial charge >= 0.3 is 0 Å². The Morgan fingerprint density at radius 2 is 1.85 bits per heavy atom. The number of carbonyl (C=O) groups is 1. The van der Waals surface area contributed by atoms with E-state index in [0.29, 0.717) is 18.0 Å². The second kappa shape index (κ2) is 9.33. The Kier molecular flexibility index (Phi) is 7.41. The van der Waals surface area contributed by atoms with E-state index in [1.54, 1.807) is 4.90 Å². The third kappa shape index (κ3) is 5.17. The molecule has 138 valence electrons. The second-order valence-electron chi connectivity index (χ2n) is 6.12. The van der Waals surface area contributed by atoms with Gasteiger partial charge in [-0.2, -0.15) is 0 Å². The van der Waals surface area contributed by atoms with Crippen LogP contribution in [0.25, 0.3) is 10.2 Å². The first kappa shape index (κ1) is 20.6. The number of carbonyl (C=O) groups excluding carboxylic acids is 1. The highest BCUT2D eigenvalue weighted by Gasteiger charge is 2.20. The molecule has 4 nitrogen and oxygen atoms in total. The molecule has 0 saturated carbocycles. The SMILES string of the molecule is CN(C)CCN(C(=O)Cc1ccccc1)c1nc2ccc(Cl)cc2s1.Cl. The van der Waals surface area contributed by atoms with Crippen molar-refractivity contribution in [3.8, 4) is 0 Å². The van der Waals surface area contributed by atoms with E-state index < -0.39 is 0 Å². The van der Waals surface area contributed by atoms with Crippen LogP contribution in [-0.4, -0.2) is 43.0 Å². The fourth-order valence-corrected chi connectivity index (χ4v) is 3.78. The van der Waals surface area contributed by atoms with Crippen molar-refractivity contribution in [3.63, 3.8) is 0 Å². The van der Waals surface area contributed by atoms with Crippen molar-refractivity contribution < 1.29 is 4.79 Å². The van der Waals surface area contributed by atoms with Crippen molar-refractivity contribution in [3.05, 3.63) is 59.1 Å². The average molecular weight is 410 g/mol. The van der Waals surface area contributed by atoms with Gasteiger partial charge in [0.1, 0.15) is 0 Å². The van der Waals surface area contributed by atoms with Gasteiger partial charge in [0, 0.05) is 18.1 Å². The van der Waals surface area contributed by atoms with E-state index in [1.165, 1.54) is 11.3 Å².